The summed E-state index contributed by atoms with van der Waals surface area (Å²) < 4.78 is 10.1. The molecular weight excluding hydrogens is 510 g/mol. The summed E-state index contributed by atoms with van der Waals surface area (Å²) in [5.41, 5.74) is -1.53. The van der Waals surface area contributed by atoms with Crippen molar-refractivity contribution in [3.05, 3.63) is 66.2 Å². The molecule has 1 saturated heterocycles. The Bertz CT molecular complexity index is 1420. The van der Waals surface area contributed by atoms with Crippen molar-refractivity contribution in [2.75, 3.05) is 18.0 Å². The van der Waals surface area contributed by atoms with Gasteiger partial charge >= 0.3 is 29.7 Å². The average Bonchev–Trinajstić information content (AvgIpc) is 3.37. The fourth-order valence-electron chi connectivity index (χ4n) is 4.48. The van der Waals surface area contributed by atoms with E-state index < -0.39 is 47.1 Å². The lowest BCUT2D eigenvalue weighted by molar-refractivity contribution is -0.157. The molecule has 0 bridgehead atoms. The van der Waals surface area contributed by atoms with E-state index in [1.54, 1.807) is 30.3 Å². The molecule has 0 radical (unpaired) electrons. The van der Waals surface area contributed by atoms with Crippen molar-refractivity contribution in [2.24, 2.45) is 4.99 Å². The molecule has 4 rings (SSSR count). The van der Waals surface area contributed by atoms with Crippen molar-refractivity contribution in [1.82, 2.24) is 4.90 Å². The van der Waals surface area contributed by atoms with Gasteiger partial charge in [-0.3, -0.25) is 38.7 Å². The molecule has 2 atom stereocenters. The van der Waals surface area contributed by atoms with Gasteiger partial charge < -0.3 is 19.5 Å². The third-order valence-electron chi connectivity index (χ3n) is 6.10. The molecule has 2 aromatic rings. The summed E-state index contributed by atoms with van der Waals surface area (Å²) in [4.78, 5) is 81.3. The number of hydrogen-bond acceptors (Lipinski definition) is 9. The average molecular weight is 533 g/mol. The zero-order valence-corrected chi connectivity index (χ0v) is 20.9. The molecule has 3 amide bonds. The van der Waals surface area contributed by atoms with E-state index in [1.807, 2.05) is 0 Å². The molecular formula is C27H23N3O9. The molecule has 0 aliphatic carbocycles. The molecule has 39 heavy (non-hydrogen) atoms. The van der Waals surface area contributed by atoms with Gasteiger partial charge in [0.2, 0.25) is 0 Å². The number of nitrogens with zero attached hydrogens (tertiary/aromatic N) is 3. The Morgan fingerprint density at radius 2 is 1.59 bits per heavy atom. The summed E-state index contributed by atoms with van der Waals surface area (Å²) in [5, 5.41) is 10.1. The molecule has 0 aromatic heterocycles. The lowest BCUT2D eigenvalue weighted by atomic mass is 9.78. The van der Waals surface area contributed by atoms with Crippen LogP contribution in [-0.4, -0.2) is 70.5 Å². The summed E-state index contributed by atoms with van der Waals surface area (Å²) in [6.45, 7) is 1.89. The second kappa shape index (κ2) is 10.7. The van der Waals surface area contributed by atoms with E-state index in [4.69, 9.17) is 9.47 Å². The summed E-state index contributed by atoms with van der Waals surface area (Å²) in [6.07, 6.45) is 4.01. The van der Waals surface area contributed by atoms with Gasteiger partial charge in [0.05, 0.1) is 0 Å². The number of imide groups is 1. The first kappa shape index (κ1) is 26.9. The molecule has 12 heteroatoms. The maximum Gasteiger partial charge on any atom is 0.319 e. The number of aliphatic carboxylic acids is 1. The van der Waals surface area contributed by atoms with Crippen LogP contribution in [0.5, 0.6) is 11.5 Å². The van der Waals surface area contributed by atoms with Gasteiger partial charge in [-0.15, -0.1) is 0 Å². The molecule has 0 saturated carbocycles. The molecule has 2 aliphatic rings. The monoisotopic (exact) mass is 533 g/mol. The van der Waals surface area contributed by atoms with Crippen molar-refractivity contribution in [1.29, 1.82) is 0 Å². The lowest BCUT2D eigenvalue weighted by Gasteiger charge is -2.38. The largest absolute Gasteiger partial charge is 0.481 e. The number of anilines is 1. The third kappa shape index (κ3) is 5.17. The van der Waals surface area contributed by atoms with Crippen molar-refractivity contribution < 1.29 is 43.3 Å². The van der Waals surface area contributed by atoms with E-state index in [1.165, 1.54) is 36.6 Å². The summed E-state index contributed by atoms with van der Waals surface area (Å²) in [6, 6.07) is 12.0. The number of aliphatic imine (C=N–C) groups is 1. The minimum absolute atomic E-state index is 0.0671. The second-order valence-electron chi connectivity index (χ2n) is 8.68. The number of rotatable bonds is 7. The number of carbonyl (C=O) groups excluding carboxylic acids is 5. The van der Waals surface area contributed by atoms with Crippen LogP contribution in [0.3, 0.4) is 0 Å². The first-order chi connectivity index (χ1) is 18.5. The van der Waals surface area contributed by atoms with E-state index in [0.717, 1.165) is 18.7 Å². The molecule has 12 nitrogen and oxygen atoms in total. The Morgan fingerprint density at radius 3 is 2.18 bits per heavy atom. The summed E-state index contributed by atoms with van der Waals surface area (Å²) in [5.74, 6) is -7.58. The van der Waals surface area contributed by atoms with Gasteiger partial charge in [-0.25, -0.2) is 0 Å². The van der Waals surface area contributed by atoms with Crippen LogP contribution in [0.2, 0.25) is 0 Å². The first-order valence-corrected chi connectivity index (χ1v) is 11.7. The number of carboxylic acids is 1. The first-order valence-electron chi connectivity index (χ1n) is 11.7. The lowest BCUT2D eigenvalue weighted by Crippen LogP contribution is -2.61. The molecule has 2 aromatic carbocycles. The molecule has 1 fully saturated rings. The van der Waals surface area contributed by atoms with Crippen LogP contribution in [0.15, 0.2) is 65.7 Å². The number of amides is 3. The maximum atomic E-state index is 13.8. The highest BCUT2D eigenvalue weighted by molar-refractivity contribution is 6.43. The van der Waals surface area contributed by atoms with Crippen LogP contribution in [0.1, 0.15) is 25.3 Å². The van der Waals surface area contributed by atoms with Crippen LogP contribution < -0.4 is 14.4 Å². The Balaban J connectivity index is 1.64. The van der Waals surface area contributed by atoms with Crippen molar-refractivity contribution >= 4 is 47.5 Å². The molecule has 2 unspecified atom stereocenters. The van der Waals surface area contributed by atoms with Gasteiger partial charge in [0.1, 0.15) is 5.92 Å². The number of ether oxygens (including phenoxy) is 2. The quantitative estimate of drug-likeness (QED) is 0.241. The fourth-order valence-corrected chi connectivity index (χ4v) is 4.48. The Kier molecular flexibility index (Phi) is 7.38. The van der Waals surface area contributed by atoms with E-state index in [0.29, 0.717) is 10.5 Å². The smallest absolute Gasteiger partial charge is 0.319 e. The Morgan fingerprint density at radius 1 is 0.923 bits per heavy atom. The van der Waals surface area contributed by atoms with Crippen LogP contribution in [0.25, 0.3) is 0 Å². The van der Waals surface area contributed by atoms with E-state index >= 15 is 0 Å². The normalized spacial score (nSPS) is 19.1. The molecule has 1 N–H and O–H groups in total. The van der Waals surface area contributed by atoms with Crippen molar-refractivity contribution in [3.8, 4) is 11.5 Å². The van der Waals surface area contributed by atoms with E-state index in [-0.39, 0.29) is 30.3 Å². The van der Waals surface area contributed by atoms with Crippen LogP contribution in [0.4, 0.5) is 5.69 Å². The van der Waals surface area contributed by atoms with Crippen molar-refractivity contribution in [2.45, 2.75) is 25.3 Å². The highest BCUT2D eigenvalue weighted by Crippen LogP contribution is 2.38. The van der Waals surface area contributed by atoms with Gasteiger partial charge in [-0.2, -0.15) is 0 Å². The minimum Gasteiger partial charge on any atom is -0.481 e. The number of benzene rings is 2. The minimum atomic E-state index is -1.97. The molecule has 2 heterocycles. The fraction of sp³-hybridized carbons (Fsp3) is 0.222. The van der Waals surface area contributed by atoms with Crippen LogP contribution >= 0.6 is 0 Å². The zero-order chi connectivity index (χ0) is 28.3. The number of carboxylic acid groups (broad SMARTS) is 1. The van der Waals surface area contributed by atoms with Crippen LogP contribution in [-0.2, 0) is 28.8 Å². The molecule has 2 aliphatic heterocycles. The van der Waals surface area contributed by atoms with E-state index in [2.05, 4.69) is 4.99 Å². The Labute approximate surface area is 222 Å². The predicted octanol–water partition coefficient (Wildman–Crippen LogP) is 1.49. The highest BCUT2D eigenvalue weighted by Gasteiger charge is 2.54. The number of hydrogen-bond donors (Lipinski definition) is 1. The van der Waals surface area contributed by atoms with Crippen LogP contribution in [0, 0.1) is 0 Å². The summed E-state index contributed by atoms with van der Waals surface area (Å²) in [7, 11) is 0. The SMILES string of the molecule is CC(=O)Oc1ccc(N2CCN(C(=O)C3(C(C(=O)O)c4ccccc4)C=CC=N3)C(=O)C2=O)cc1OC(C)=O. The number of carbonyl (C=O) groups is 6. The van der Waals surface area contributed by atoms with Crippen molar-refractivity contribution in [3.63, 3.8) is 0 Å². The third-order valence-corrected chi connectivity index (χ3v) is 6.10. The maximum absolute atomic E-state index is 13.8. The topological polar surface area (TPSA) is 160 Å². The number of esters is 2. The van der Waals surface area contributed by atoms with E-state index in [9.17, 15) is 33.9 Å². The van der Waals surface area contributed by atoms with Gasteiger partial charge in [0, 0.05) is 44.9 Å². The van der Waals surface area contributed by atoms with Gasteiger partial charge in [0.25, 0.3) is 5.91 Å². The highest BCUT2D eigenvalue weighted by atomic mass is 16.6. The van der Waals surface area contributed by atoms with Gasteiger partial charge in [0.15, 0.2) is 17.0 Å². The molecule has 200 valence electrons. The summed E-state index contributed by atoms with van der Waals surface area (Å²) >= 11 is 0. The second-order valence-corrected chi connectivity index (χ2v) is 8.68. The van der Waals surface area contributed by atoms with Gasteiger partial charge in [-0.05, 0) is 29.8 Å². The molecule has 0 spiro atoms. The standard InChI is InChI=1S/C27H23N3O9/c1-16(31)38-20-10-9-19(15-21(20)39-17(2)32)29-13-14-30(24(34)23(29)33)26(37)27(11-6-12-28-27)22(25(35)36)18-7-4-3-5-8-18/h3-12,15,22H,13-14H2,1-2H3,(H,35,36). The predicted molar refractivity (Wildman–Crippen MR) is 135 cm³/mol. The number of piperazine rings is 1. The number of allylic oxidation sites excluding steroid dienone is 1. The van der Waals surface area contributed by atoms with Gasteiger partial charge in [-0.1, -0.05) is 30.3 Å². The zero-order valence-electron chi connectivity index (χ0n) is 20.9. The Hall–Kier alpha value is -5.13.